The molecule has 53 heavy (non-hydrogen) atoms. The van der Waals surface area contributed by atoms with E-state index in [0.717, 1.165) is 17.5 Å². The minimum atomic E-state index is -1.51. The molecule has 4 aromatic rings. The number of benzene rings is 1. The number of carbonyl (C=O) groups excluding carboxylic acids is 2. The van der Waals surface area contributed by atoms with Crippen molar-refractivity contribution in [1.82, 2.24) is 30.2 Å². The van der Waals surface area contributed by atoms with Gasteiger partial charge in [-0.1, -0.05) is 19.9 Å². The Morgan fingerprint density at radius 1 is 1.13 bits per heavy atom. The lowest BCUT2D eigenvalue weighted by Gasteiger charge is -2.31. The highest BCUT2D eigenvalue weighted by molar-refractivity contribution is 9.10. The molecule has 2 fully saturated rings. The fraction of sp³-hybridized carbons (Fsp3) is 0.417. The molecule has 2 amide bonds. The maximum Gasteiger partial charge on any atom is 0.330 e. The van der Waals surface area contributed by atoms with E-state index in [0.29, 0.717) is 38.3 Å². The fourth-order valence-electron chi connectivity index (χ4n) is 6.39. The van der Waals surface area contributed by atoms with Gasteiger partial charge in [0.2, 0.25) is 17.8 Å². The van der Waals surface area contributed by atoms with Crippen LogP contribution >= 0.6 is 27.3 Å². The molecule has 4 heterocycles. The molecular weight excluding hydrogens is 771 g/mol. The first-order chi connectivity index (χ1) is 25.2. The molecule has 0 radical (unpaired) electrons. The van der Waals surface area contributed by atoms with Gasteiger partial charge < -0.3 is 35.4 Å². The topological polar surface area (TPSA) is 181 Å². The highest BCUT2D eigenvalue weighted by atomic mass is 79.9. The number of amides is 2. The summed E-state index contributed by atoms with van der Waals surface area (Å²) in [6.45, 7) is 11.4. The summed E-state index contributed by atoms with van der Waals surface area (Å²) in [6.07, 6.45) is 3.01. The van der Waals surface area contributed by atoms with Crippen molar-refractivity contribution in [3.8, 4) is 22.9 Å². The Labute approximate surface area is 317 Å². The highest BCUT2D eigenvalue weighted by Crippen LogP contribution is 2.45. The number of carboxylic acids is 1. The van der Waals surface area contributed by atoms with Gasteiger partial charge in [0.25, 0.3) is 0 Å². The number of rotatable bonds is 14. The summed E-state index contributed by atoms with van der Waals surface area (Å²) in [5.41, 5.74) is 0.196. The summed E-state index contributed by atoms with van der Waals surface area (Å²) in [6, 6.07) is 3.55. The Kier molecular flexibility index (Phi) is 10.9. The van der Waals surface area contributed by atoms with E-state index < -0.39 is 53.2 Å². The van der Waals surface area contributed by atoms with E-state index in [4.69, 9.17) is 19.4 Å². The Morgan fingerprint density at radius 2 is 1.87 bits per heavy atom. The first-order valence-electron chi connectivity index (χ1n) is 17.0. The van der Waals surface area contributed by atoms with Crippen molar-refractivity contribution in [2.75, 3.05) is 24.3 Å². The van der Waals surface area contributed by atoms with Crippen molar-refractivity contribution >= 4 is 67.0 Å². The normalized spacial score (nSPS) is 21.4. The molecule has 1 saturated carbocycles. The average molecular weight is 812 g/mol. The van der Waals surface area contributed by atoms with Crippen molar-refractivity contribution in [2.45, 2.75) is 70.3 Å². The lowest BCUT2D eigenvalue weighted by Crippen LogP contribution is -2.55. The summed E-state index contributed by atoms with van der Waals surface area (Å²) in [7, 11) is 1.56. The van der Waals surface area contributed by atoms with Crippen molar-refractivity contribution in [2.24, 2.45) is 11.8 Å². The third-order valence-corrected chi connectivity index (χ3v) is 10.8. The first-order valence-corrected chi connectivity index (χ1v) is 18.7. The molecule has 2 aliphatic rings. The Hall–Kier alpha value is -4.90. The van der Waals surface area contributed by atoms with Crippen LogP contribution in [0.4, 0.5) is 15.5 Å². The molecule has 5 atom stereocenters. The summed E-state index contributed by atoms with van der Waals surface area (Å²) in [5.74, 6) is -2.64. The minimum absolute atomic E-state index is 0.00726. The second kappa shape index (κ2) is 15.2. The molecule has 1 aromatic carbocycles. The van der Waals surface area contributed by atoms with E-state index in [1.165, 1.54) is 22.3 Å². The third-order valence-electron chi connectivity index (χ3n) is 9.25. The number of nitrogens with one attached hydrogen (secondary N) is 3. The fourth-order valence-corrected chi connectivity index (χ4v) is 7.84. The van der Waals surface area contributed by atoms with Crippen LogP contribution in [0.25, 0.3) is 22.3 Å². The van der Waals surface area contributed by atoms with Crippen LogP contribution in [0.5, 0.6) is 11.5 Å². The molecule has 6 rings (SSSR count). The largest absolute Gasteiger partial charge is 0.495 e. The quantitative estimate of drug-likeness (QED) is 0.118. The zero-order valence-corrected chi connectivity index (χ0v) is 32.1. The predicted octanol–water partition coefficient (Wildman–Crippen LogP) is 5.51. The number of aliphatic carboxylic acids is 1. The van der Waals surface area contributed by atoms with E-state index in [9.17, 15) is 23.9 Å². The van der Waals surface area contributed by atoms with Crippen LogP contribution in [0.1, 0.15) is 40.5 Å². The smallest absolute Gasteiger partial charge is 0.330 e. The number of carbonyl (C=O) groups is 3. The van der Waals surface area contributed by atoms with Crippen LogP contribution in [0.3, 0.4) is 0 Å². The first kappa shape index (κ1) is 37.8. The van der Waals surface area contributed by atoms with E-state index in [1.54, 1.807) is 19.2 Å². The van der Waals surface area contributed by atoms with Gasteiger partial charge in [-0.2, -0.15) is 0 Å². The van der Waals surface area contributed by atoms with Crippen LogP contribution in [0.2, 0.25) is 0 Å². The zero-order valence-electron chi connectivity index (χ0n) is 29.7. The second-order valence-corrected chi connectivity index (χ2v) is 15.4. The molecule has 280 valence electrons. The van der Waals surface area contributed by atoms with E-state index in [2.05, 4.69) is 48.4 Å². The lowest BCUT2D eigenvalue weighted by molar-refractivity contribution is -0.145. The van der Waals surface area contributed by atoms with Crippen LogP contribution in [-0.2, 0) is 14.4 Å². The maximum absolute atomic E-state index is 14.4. The highest BCUT2D eigenvalue weighted by Gasteiger charge is 2.61. The molecule has 0 bridgehead atoms. The second-order valence-electron chi connectivity index (χ2n) is 13.7. The maximum atomic E-state index is 14.4. The number of aromatic nitrogens is 4. The van der Waals surface area contributed by atoms with Gasteiger partial charge in [0.05, 0.1) is 41.7 Å². The van der Waals surface area contributed by atoms with Crippen molar-refractivity contribution in [3.05, 3.63) is 58.9 Å². The Morgan fingerprint density at radius 3 is 2.49 bits per heavy atom. The number of hydrogen-bond acceptors (Lipinski definition) is 12. The number of hydrogen-bond donors (Lipinski definition) is 4. The van der Waals surface area contributed by atoms with Gasteiger partial charge in [-0.15, -0.1) is 17.9 Å². The van der Waals surface area contributed by atoms with Gasteiger partial charge in [-0.3, -0.25) is 9.59 Å². The molecule has 1 aliphatic heterocycles. The van der Waals surface area contributed by atoms with Crippen LogP contribution < -0.4 is 25.4 Å². The number of likely N-dealkylation sites (tertiary alicyclic amines) is 1. The van der Waals surface area contributed by atoms with Gasteiger partial charge in [0.1, 0.15) is 40.9 Å². The van der Waals surface area contributed by atoms with E-state index in [1.807, 2.05) is 39.1 Å². The molecule has 0 spiro atoms. The molecule has 3 aromatic heterocycles. The minimum Gasteiger partial charge on any atom is -0.495 e. The number of anilines is 2. The van der Waals surface area contributed by atoms with Gasteiger partial charge >= 0.3 is 5.97 Å². The Bertz CT molecular complexity index is 2050. The number of ether oxygens (including phenoxy) is 2. The van der Waals surface area contributed by atoms with Gasteiger partial charge in [0, 0.05) is 35.2 Å². The van der Waals surface area contributed by atoms with Crippen molar-refractivity contribution in [3.63, 3.8) is 0 Å². The number of fused-ring (bicyclic) bond motifs is 1. The monoisotopic (exact) mass is 810 g/mol. The van der Waals surface area contributed by atoms with E-state index in [-0.39, 0.29) is 37.3 Å². The molecule has 1 aliphatic carbocycles. The predicted molar refractivity (Wildman–Crippen MR) is 201 cm³/mol. The summed E-state index contributed by atoms with van der Waals surface area (Å²) in [4.78, 5) is 59.6. The van der Waals surface area contributed by atoms with E-state index >= 15 is 0 Å². The Balaban J connectivity index is 1.36. The lowest BCUT2D eigenvalue weighted by atomic mass is 10.0. The standard InChI is InChI=1S/C36H40BrFN8O6S/c1-7-19-12-36(19,33(49)50)45-31(47)25-10-21(15-46(25)32(48)29(17(2)3)44-34-39-13-20(38)14-40-34)52-27-11-23(24-16-53-35(43-24)41-18(4)5)42-30-22(27)8-9-26(51-6)28(30)37/h7-9,11,13-14,16-19,21,25,29H,1,10,12,15H2,2-6H3,(H,41,43)(H,45,47)(H,49,50)(H,39,40,44)/t19-,21-,25+,29+,36-/m1/s1. The third kappa shape index (κ3) is 7.76. The number of nitrogens with zero attached hydrogens (tertiary/aromatic N) is 5. The number of methoxy groups -OCH3 is 1. The number of carboxylic acid groups (broad SMARTS) is 1. The molecular formula is C36H40BrFN8O6S. The summed E-state index contributed by atoms with van der Waals surface area (Å²) >= 11 is 5.08. The van der Waals surface area contributed by atoms with Crippen molar-refractivity contribution < 1.29 is 33.4 Å². The molecule has 0 unspecified atom stereocenters. The SMILES string of the molecule is C=C[C@@H]1C[C@]1(NC(=O)[C@@H]1C[C@@H](Oc2cc(-c3csc(NC(C)C)n3)nc3c(Br)c(OC)ccc23)CN1C(=O)[C@@H](Nc1ncc(F)cn1)C(C)C)C(=O)O. The van der Waals surface area contributed by atoms with Crippen LogP contribution in [0.15, 0.2) is 53.1 Å². The molecule has 17 heteroatoms. The number of thiazole rings is 1. The number of pyridine rings is 1. The molecule has 4 N–H and O–H groups in total. The van der Waals surface area contributed by atoms with Gasteiger partial charge in [-0.25, -0.2) is 29.1 Å². The van der Waals surface area contributed by atoms with Crippen LogP contribution in [-0.4, -0.2) is 91.1 Å². The zero-order chi connectivity index (χ0) is 38.2. The molecule has 14 nitrogen and oxygen atoms in total. The van der Waals surface area contributed by atoms with Gasteiger partial charge in [-0.05, 0) is 54.2 Å². The van der Waals surface area contributed by atoms with Crippen LogP contribution in [0, 0.1) is 17.7 Å². The summed E-state index contributed by atoms with van der Waals surface area (Å²) < 4.78 is 26.4. The molecule has 1 saturated heterocycles. The van der Waals surface area contributed by atoms with Gasteiger partial charge in [0.15, 0.2) is 10.9 Å². The average Bonchev–Trinajstić information content (AvgIpc) is 3.39. The van der Waals surface area contributed by atoms with Crippen molar-refractivity contribution in [1.29, 1.82) is 0 Å². The summed E-state index contributed by atoms with van der Waals surface area (Å²) in [5, 5.41) is 22.3. The number of halogens is 2.